The van der Waals surface area contributed by atoms with Gasteiger partial charge in [-0.25, -0.2) is 0 Å². The Morgan fingerprint density at radius 3 is 1.56 bits per heavy atom. The normalized spacial score (nSPS) is 41.3. The molecule has 1 aliphatic heterocycles. The second-order valence-corrected chi connectivity index (χ2v) is 7.18. The third kappa shape index (κ3) is 1.98. The molecule has 1 aliphatic rings. The Morgan fingerprint density at radius 2 is 1.44 bits per heavy atom. The predicted molar refractivity (Wildman–Crippen MR) is 43.0 cm³/mol. The molecule has 0 spiro atoms. The molecule has 54 valence electrons. The summed E-state index contributed by atoms with van der Waals surface area (Å²) in [7, 11) is -3.76. The molecule has 0 amide bonds. The van der Waals surface area contributed by atoms with Gasteiger partial charge in [0.25, 0.3) is 0 Å². The Labute approximate surface area is 70.6 Å². The summed E-state index contributed by atoms with van der Waals surface area (Å²) >= 11 is 6.37. The van der Waals surface area contributed by atoms with E-state index in [0.29, 0.717) is 0 Å². The van der Waals surface area contributed by atoms with Crippen molar-refractivity contribution in [1.82, 2.24) is 0 Å². The first-order valence-electron chi connectivity index (χ1n) is 2.67. The van der Waals surface area contributed by atoms with Crippen molar-refractivity contribution >= 4 is 40.6 Å². The highest BCUT2D eigenvalue weighted by atomic mass is 79.9. The molecule has 0 aromatic carbocycles. The zero-order chi connectivity index (χ0) is 7.07. The van der Waals surface area contributed by atoms with Gasteiger partial charge in [0.15, 0.2) is 0 Å². The molecule has 9 heavy (non-hydrogen) atoms. The highest BCUT2D eigenvalue weighted by molar-refractivity contribution is 9.12. The Morgan fingerprint density at radius 1 is 1.11 bits per heavy atom. The summed E-state index contributed by atoms with van der Waals surface area (Å²) in [4.78, 5) is -0.00154. The number of rotatable bonds is 0. The summed E-state index contributed by atoms with van der Waals surface area (Å²) in [5, 5.41) is 0. The number of hydrogen-bond donors (Lipinski definition) is 0. The topological polar surface area (TPSA) is 0 Å². The van der Waals surface area contributed by atoms with Crippen LogP contribution in [0.1, 0.15) is 0 Å². The Bertz CT molecular complexity index is 107. The van der Waals surface area contributed by atoms with Crippen LogP contribution in [0.5, 0.6) is 0 Å². The van der Waals surface area contributed by atoms with E-state index in [9.17, 15) is 8.22 Å². The first-order chi connectivity index (χ1) is 4.01. The molecule has 0 aromatic heterocycles. The van der Waals surface area contributed by atoms with Crippen LogP contribution in [-0.4, -0.2) is 18.4 Å². The number of halogens is 4. The summed E-state index contributed by atoms with van der Waals surface area (Å²) in [6.07, 6.45) is 0. The second kappa shape index (κ2) is 2.58. The first kappa shape index (κ1) is 8.14. The minimum atomic E-state index is -3.76. The molecule has 2 atom stereocenters. The molecule has 0 N–H and O–H groups in total. The average molecular weight is 280 g/mol. The Balaban J connectivity index is 2.54. The van der Waals surface area contributed by atoms with Crippen LogP contribution in [0, 0.1) is 0 Å². The zero-order valence-corrected chi connectivity index (χ0v) is 8.75. The fraction of sp³-hybridized carbons (Fsp3) is 1.00. The lowest BCUT2D eigenvalue weighted by molar-refractivity contribution is 0.610. The van der Waals surface area contributed by atoms with Crippen LogP contribution in [0.4, 0.5) is 8.22 Å². The molecular formula is C4H6Br2F2Si. The molecule has 0 aliphatic carbocycles. The van der Waals surface area contributed by atoms with E-state index in [0.717, 1.165) is 0 Å². The maximum atomic E-state index is 12.5. The molecule has 1 rings (SSSR count). The van der Waals surface area contributed by atoms with Gasteiger partial charge in [-0.1, -0.05) is 31.9 Å². The van der Waals surface area contributed by atoms with Crippen molar-refractivity contribution in [2.24, 2.45) is 0 Å². The van der Waals surface area contributed by atoms with Gasteiger partial charge >= 0.3 is 8.74 Å². The van der Waals surface area contributed by atoms with Crippen molar-refractivity contribution in [2.45, 2.75) is 21.7 Å². The van der Waals surface area contributed by atoms with Crippen molar-refractivity contribution in [3.05, 3.63) is 0 Å². The Kier molecular flexibility index (Phi) is 2.33. The van der Waals surface area contributed by atoms with Crippen LogP contribution in [0.2, 0.25) is 12.1 Å². The lowest BCUT2D eigenvalue weighted by atomic mass is 10.4. The van der Waals surface area contributed by atoms with E-state index in [1.807, 2.05) is 0 Å². The SMILES string of the molecule is F[Si]1(F)CC(Br)C(Br)C1. The van der Waals surface area contributed by atoms with Crippen molar-refractivity contribution in [3.63, 3.8) is 0 Å². The van der Waals surface area contributed by atoms with Crippen molar-refractivity contribution in [1.29, 1.82) is 0 Å². The fourth-order valence-corrected chi connectivity index (χ4v) is 6.69. The van der Waals surface area contributed by atoms with Crippen LogP contribution in [0.3, 0.4) is 0 Å². The van der Waals surface area contributed by atoms with E-state index in [1.165, 1.54) is 0 Å². The molecule has 1 saturated heterocycles. The fourth-order valence-electron chi connectivity index (χ4n) is 0.910. The van der Waals surface area contributed by atoms with E-state index in [2.05, 4.69) is 31.9 Å². The quantitative estimate of drug-likeness (QED) is 0.363. The van der Waals surface area contributed by atoms with Crippen LogP contribution in [0.25, 0.3) is 0 Å². The van der Waals surface area contributed by atoms with Crippen molar-refractivity contribution in [3.8, 4) is 0 Å². The third-order valence-corrected chi connectivity index (χ3v) is 7.28. The molecule has 0 nitrogen and oxygen atoms in total. The third-order valence-electron chi connectivity index (χ3n) is 1.38. The van der Waals surface area contributed by atoms with Gasteiger partial charge in [0.2, 0.25) is 0 Å². The predicted octanol–water partition coefficient (Wildman–Crippen LogP) is 2.91. The molecule has 0 saturated carbocycles. The standard InChI is InChI=1S/C4H6Br2F2Si/c5-3-1-9(7,8)2-4(3)6/h3-4H,1-2H2. The van der Waals surface area contributed by atoms with E-state index >= 15 is 0 Å². The Hall–Kier alpha value is 1.04. The van der Waals surface area contributed by atoms with Crippen LogP contribution in [0.15, 0.2) is 0 Å². The minimum absolute atomic E-state index is 0.000772. The zero-order valence-electron chi connectivity index (χ0n) is 4.58. The smallest absolute Gasteiger partial charge is 0.270 e. The lowest BCUT2D eigenvalue weighted by Gasteiger charge is -1.99. The summed E-state index contributed by atoms with van der Waals surface area (Å²) in [6.45, 7) is 0. The molecule has 2 unspecified atom stereocenters. The summed E-state index contributed by atoms with van der Waals surface area (Å²) in [5.41, 5.74) is 0. The lowest BCUT2D eigenvalue weighted by Crippen LogP contribution is -2.16. The van der Waals surface area contributed by atoms with Gasteiger partial charge < -0.3 is 0 Å². The molecule has 5 heteroatoms. The minimum Gasteiger partial charge on any atom is -0.270 e. The van der Waals surface area contributed by atoms with Crippen molar-refractivity contribution in [2.75, 3.05) is 0 Å². The maximum absolute atomic E-state index is 12.5. The molecular weight excluding hydrogens is 274 g/mol. The number of hydrogen-bond acceptors (Lipinski definition) is 0. The highest BCUT2D eigenvalue weighted by Gasteiger charge is 2.48. The van der Waals surface area contributed by atoms with Gasteiger partial charge in [-0.15, -0.1) is 0 Å². The average Bonchev–Trinajstić information content (AvgIpc) is 1.79. The van der Waals surface area contributed by atoms with E-state index in [4.69, 9.17) is 0 Å². The van der Waals surface area contributed by atoms with Crippen LogP contribution >= 0.6 is 31.9 Å². The number of alkyl halides is 2. The molecule has 0 bridgehead atoms. The molecule has 1 heterocycles. The monoisotopic (exact) mass is 278 g/mol. The molecule has 0 aromatic rings. The van der Waals surface area contributed by atoms with Gasteiger partial charge in [0.1, 0.15) is 0 Å². The van der Waals surface area contributed by atoms with Gasteiger partial charge in [-0.3, -0.25) is 8.22 Å². The summed E-state index contributed by atoms with van der Waals surface area (Å²) in [6, 6.07) is 0.200. The first-order valence-corrected chi connectivity index (χ1v) is 6.67. The maximum Gasteiger partial charge on any atom is 0.427 e. The highest BCUT2D eigenvalue weighted by Crippen LogP contribution is 2.40. The van der Waals surface area contributed by atoms with Crippen molar-refractivity contribution < 1.29 is 8.22 Å². The van der Waals surface area contributed by atoms with Gasteiger partial charge in [-0.05, 0) is 0 Å². The summed E-state index contributed by atoms with van der Waals surface area (Å²) in [5.74, 6) is 0. The summed E-state index contributed by atoms with van der Waals surface area (Å²) < 4.78 is 25.0. The molecule has 0 radical (unpaired) electrons. The van der Waals surface area contributed by atoms with Gasteiger partial charge in [-0.2, -0.15) is 0 Å². The molecule has 1 fully saturated rings. The van der Waals surface area contributed by atoms with Crippen LogP contribution in [-0.2, 0) is 0 Å². The van der Waals surface area contributed by atoms with E-state index < -0.39 is 8.74 Å². The second-order valence-electron chi connectivity index (χ2n) is 2.30. The van der Waals surface area contributed by atoms with Gasteiger partial charge in [0, 0.05) is 21.7 Å². The van der Waals surface area contributed by atoms with E-state index in [-0.39, 0.29) is 21.7 Å². The van der Waals surface area contributed by atoms with Gasteiger partial charge in [0.05, 0.1) is 0 Å². The van der Waals surface area contributed by atoms with E-state index in [1.54, 1.807) is 0 Å². The van der Waals surface area contributed by atoms with Crippen LogP contribution < -0.4 is 0 Å². The largest absolute Gasteiger partial charge is 0.427 e.